The molecule has 0 spiro atoms. The van der Waals surface area contributed by atoms with Gasteiger partial charge in [-0.1, -0.05) is 24.3 Å². The van der Waals surface area contributed by atoms with Crippen molar-refractivity contribution < 1.29 is 33.4 Å². The van der Waals surface area contributed by atoms with Gasteiger partial charge in [0, 0.05) is 0 Å². The van der Waals surface area contributed by atoms with Crippen LogP contribution in [0.1, 0.15) is 19.8 Å². The van der Waals surface area contributed by atoms with E-state index in [0.29, 0.717) is 22.9 Å². The highest BCUT2D eigenvalue weighted by Crippen LogP contribution is 2.54. The highest BCUT2D eigenvalue weighted by atomic mass is 16.7. The van der Waals surface area contributed by atoms with E-state index >= 15 is 0 Å². The van der Waals surface area contributed by atoms with Gasteiger partial charge in [-0.2, -0.15) is 0 Å². The van der Waals surface area contributed by atoms with Gasteiger partial charge < -0.3 is 14.2 Å². The standard InChI is InChI=1S/C34H32N2O7/c1-18(43-26-12-8-24(9-13-26)36-33(39)29-21-4-5-22(17-21)30(29)34(36)40)41-14-15-42-25-10-6-23(7-11-25)35-31(37)27-19-2-3-20(16-19)28(27)32(35)38/h2-13,18-22,27-30H,14-17H2,1H3. The van der Waals surface area contributed by atoms with Crippen LogP contribution >= 0.6 is 0 Å². The molecule has 2 heterocycles. The number of ether oxygens (including phenoxy) is 3. The van der Waals surface area contributed by atoms with Crippen LogP contribution in [0.5, 0.6) is 11.5 Å². The van der Waals surface area contributed by atoms with Crippen LogP contribution in [-0.4, -0.2) is 43.1 Å². The minimum absolute atomic E-state index is 0.0952. The molecule has 4 bridgehead atoms. The zero-order valence-electron chi connectivity index (χ0n) is 23.7. The molecule has 9 heteroatoms. The van der Waals surface area contributed by atoms with Gasteiger partial charge in [-0.05, 0) is 92.0 Å². The molecule has 0 radical (unpaired) electrons. The Kier molecular flexibility index (Phi) is 6.08. The van der Waals surface area contributed by atoms with E-state index in [1.807, 2.05) is 0 Å². The Balaban J connectivity index is 0.804. The molecular weight excluding hydrogens is 548 g/mol. The van der Waals surface area contributed by atoms with Crippen molar-refractivity contribution >= 4 is 35.0 Å². The fraction of sp³-hybridized carbons (Fsp3) is 0.412. The second kappa shape index (κ2) is 9.91. The maximum Gasteiger partial charge on any atom is 0.238 e. The van der Waals surface area contributed by atoms with E-state index in [9.17, 15) is 19.2 Å². The Hall–Kier alpha value is -4.24. The number of fused-ring (bicyclic) bond motifs is 10. The van der Waals surface area contributed by atoms with Gasteiger partial charge in [0.15, 0.2) is 6.29 Å². The molecule has 0 N–H and O–H groups in total. The van der Waals surface area contributed by atoms with Crippen molar-refractivity contribution in [3.63, 3.8) is 0 Å². The van der Waals surface area contributed by atoms with E-state index in [2.05, 4.69) is 24.3 Å². The summed E-state index contributed by atoms with van der Waals surface area (Å²) in [6.45, 7) is 2.34. The van der Waals surface area contributed by atoms with E-state index < -0.39 is 6.29 Å². The topological polar surface area (TPSA) is 102 Å². The average molecular weight is 581 g/mol. The second-order valence-corrected chi connectivity index (χ2v) is 12.4. The number of allylic oxidation sites excluding steroid dienone is 4. The highest BCUT2D eigenvalue weighted by Gasteiger charge is 2.60. The number of carbonyl (C=O) groups is 4. The van der Waals surface area contributed by atoms with Gasteiger partial charge in [0.05, 0.1) is 41.7 Å². The van der Waals surface area contributed by atoms with Crippen molar-refractivity contribution in [1.82, 2.24) is 0 Å². The first kappa shape index (κ1) is 26.4. The molecule has 8 rings (SSSR count). The van der Waals surface area contributed by atoms with Crippen LogP contribution in [0, 0.1) is 47.3 Å². The quantitative estimate of drug-likeness (QED) is 0.190. The minimum Gasteiger partial charge on any atom is -0.491 e. The summed E-state index contributed by atoms with van der Waals surface area (Å²) in [6.07, 6.45) is 9.63. The highest BCUT2D eigenvalue weighted by molar-refractivity contribution is 6.23. The molecule has 2 saturated heterocycles. The number of nitrogens with zero attached hydrogens (tertiary/aromatic N) is 2. The van der Waals surface area contributed by atoms with Gasteiger partial charge in [0.2, 0.25) is 23.6 Å². The number of hydrogen-bond donors (Lipinski definition) is 0. The van der Waals surface area contributed by atoms with E-state index in [1.165, 1.54) is 9.80 Å². The minimum atomic E-state index is -0.552. The Morgan fingerprint density at radius 2 is 1.00 bits per heavy atom. The van der Waals surface area contributed by atoms with Gasteiger partial charge in [0.25, 0.3) is 0 Å². The molecular formula is C34H32N2O7. The first-order valence-electron chi connectivity index (χ1n) is 15.1. The molecule has 9 unspecified atom stereocenters. The lowest BCUT2D eigenvalue weighted by atomic mass is 9.85. The van der Waals surface area contributed by atoms with E-state index in [1.54, 1.807) is 55.5 Å². The Bertz CT molecular complexity index is 1500. The maximum absolute atomic E-state index is 13.0. The summed E-state index contributed by atoms with van der Waals surface area (Å²) in [4.78, 5) is 54.8. The summed E-state index contributed by atoms with van der Waals surface area (Å²) >= 11 is 0. The number of carbonyl (C=O) groups excluding carboxylic acids is 4. The van der Waals surface area contributed by atoms with Crippen molar-refractivity contribution in [2.24, 2.45) is 47.3 Å². The SMILES string of the molecule is CC(OCCOc1ccc(N2C(=O)C3C4C=CC(C4)C3C2=O)cc1)Oc1ccc(N2C(=O)C3C4C=CC(C4)C3C2=O)cc1. The molecule has 2 saturated carbocycles. The average Bonchev–Trinajstić information content (AvgIpc) is 3.85. The number of anilines is 2. The molecule has 4 amide bonds. The smallest absolute Gasteiger partial charge is 0.238 e. The summed E-state index contributed by atoms with van der Waals surface area (Å²) in [7, 11) is 0. The summed E-state index contributed by atoms with van der Waals surface area (Å²) in [5.74, 6) is 0.622. The van der Waals surface area contributed by atoms with Crippen LogP contribution in [-0.2, 0) is 23.9 Å². The van der Waals surface area contributed by atoms with Crippen molar-refractivity contribution in [2.45, 2.75) is 26.1 Å². The molecule has 9 atom stereocenters. The Morgan fingerprint density at radius 1 is 0.605 bits per heavy atom. The first-order valence-corrected chi connectivity index (χ1v) is 15.1. The summed E-state index contributed by atoms with van der Waals surface area (Å²) in [6, 6.07) is 13.9. The first-order chi connectivity index (χ1) is 20.9. The van der Waals surface area contributed by atoms with Crippen LogP contribution in [0.15, 0.2) is 72.8 Å². The lowest BCUT2D eigenvalue weighted by Gasteiger charge is -2.19. The Morgan fingerprint density at radius 3 is 1.42 bits per heavy atom. The van der Waals surface area contributed by atoms with Crippen LogP contribution in [0.25, 0.3) is 0 Å². The van der Waals surface area contributed by atoms with Gasteiger partial charge in [-0.3, -0.25) is 29.0 Å². The molecule has 220 valence electrons. The third-order valence-electron chi connectivity index (χ3n) is 10.1. The summed E-state index contributed by atoms with van der Waals surface area (Å²) in [5.41, 5.74) is 1.14. The van der Waals surface area contributed by atoms with Crippen molar-refractivity contribution in [3.8, 4) is 11.5 Å². The predicted molar refractivity (Wildman–Crippen MR) is 155 cm³/mol. The predicted octanol–water partition coefficient (Wildman–Crippen LogP) is 4.13. The fourth-order valence-corrected chi connectivity index (χ4v) is 8.28. The van der Waals surface area contributed by atoms with Gasteiger partial charge in [-0.25, -0.2) is 0 Å². The normalized spacial score (nSPS) is 33.6. The van der Waals surface area contributed by atoms with Crippen molar-refractivity contribution in [2.75, 3.05) is 23.0 Å². The van der Waals surface area contributed by atoms with Gasteiger partial charge >= 0.3 is 0 Å². The molecule has 43 heavy (non-hydrogen) atoms. The largest absolute Gasteiger partial charge is 0.491 e. The van der Waals surface area contributed by atoms with Crippen LogP contribution in [0.3, 0.4) is 0 Å². The Labute approximate surface area is 249 Å². The number of hydrogen-bond acceptors (Lipinski definition) is 7. The molecule has 6 aliphatic rings. The van der Waals surface area contributed by atoms with Crippen LogP contribution in [0.4, 0.5) is 11.4 Å². The lowest BCUT2D eigenvalue weighted by Crippen LogP contribution is -2.32. The molecule has 4 fully saturated rings. The summed E-state index contributed by atoms with van der Waals surface area (Å²) in [5, 5.41) is 0. The van der Waals surface area contributed by atoms with Crippen molar-refractivity contribution in [3.05, 3.63) is 72.8 Å². The number of benzene rings is 2. The number of amides is 4. The molecule has 9 nitrogen and oxygen atoms in total. The van der Waals surface area contributed by atoms with Gasteiger partial charge in [0.1, 0.15) is 18.1 Å². The third kappa shape index (κ3) is 4.08. The van der Waals surface area contributed by atoms with Crippen molar-refractivity contribution in [1.29, 1.82) is 0 Å². The van der Waals surface area contributed by atoms with Gasteiger partial charge in [-0.15, -0.1) is 0 Å². The molecule has 2 aromatic carbocycles. The zero-order valence-corrected chi connectivity index (χ0v) is 23.7. The van der Waals surface area contributed by atoms with E-state index in [0.717, 1.165) is 12.8 Å². The molecule has 4 aliphatic carbocycles. The van der Waals surface area contributed by atoms with Crippen LogP contribution < -0.4 is 19.3 Å². The number of rotatable bonds is 9. The van der Waals surface area contributed by atoms with E-state index in [4.69, 9.17) is 14.2 Å². The molecule has 2 aliphatic heterocycles. The van der Waals surface area contributed by atoms with E-state index in [-0.39, 0.29) is 84.2 Å². The second-order valence-electron chi connectivity index (χ2n) is 12.4. The summed E-state index contributed by atoms with van der Waals surface area (Å²) < 4.78 is 17.4. The lowest BCUT2D eigenvalue weighted by molar-refractivity contribution is -0.124. The maximum atomic E-state index is 13.0. The molecule has 0 aromatic heterocycles. The van der Waals surface area contributed by atoms with Crippen LogP contribution in [0.2, 0.25) is 0 Å². The fourth-order valence-electron chi connectivity index (χ4n) is 8.28. The third-order valence-corrected chi connectivity index (χ3v) is 10.1. The monoisotopic (exact) mass is 580 g/mol. The molecule has 2 aromatic rings. The zero-order chi connectivity index (χ0) is 29.4. The number of imide groups is 2.